The summed E-state index contributed by atoms with van der Waals surface area (Å²) in [4.78, 5) is 18.1. The normalized spacial score (nSPS) is 11.5. The molecule has 1 N–H and O–H groups in total. The topological polar surface area (TPSA) is 92.8 Å². The molecule has 8 nitrogen and oxygen atoms in total. The molecule has 3 aromatic heterocycles. The quantitative estimate of drug-likeness (QED) is 0.365. The number of hydrogen-bond donors (Lipinski definition) is 1. The van der Waals surface area contributed by atoms with Gasteiger partial charge in [0, 0.05) is 12.1 Å². The van der Waals surface area contributed by atoms with E-state index >= 15 is 0 Å². The van der Waals surface area contributed by atoms with Gasteiger partial charge in [0.05, 0.1) is 31.4 Å². The van der Waals surface area contributed by atoms with Gasteiger partial charge in [-0.05, 0) is 77.2 Å². The van der Waals surface area contributed by atoms with E-state index in [0.29, 0.717) is 37.6 Å². The van der Waals surface area contributed by atoms with Crippen LogP contribution in [0.15, 0.2) is 70.1 Å². The molecule has 0 aliphatic rings. The number of halogens is 1. The van der Waals surface area contributed by atoms with Crippen LogP contribution >= 0.6 is 0 Å². The first-order chi connectivity index (χ1) is 16.9. The van der Waals surface area contributed by atoms with Gasteiger partial charge in [0.25, 0.3) is 5.56 Å². The number of fused-ring (bicyclic) bond motifs is 1. The second-order valence-corrected chi connectivity index (χ2v) is 8.77. The lowest BCUT2D eigenvalue weighted by Crippen LogP contribution is -2.28. The van der Waals surface area contributed by atoms with Gasteiger partial charge >= 0.3 is 0 Å². The largest absolute Gasteiger partial charge is 0.468 e. The van der Waals surface area contributed by atoms with Crippen molar-refractivity contribution in [2.75, 3.05) is 0 Å². The Bertz CT molecular complexity index is 1510. The van der Waals surface area contributed by atoms with Gasteiger partial charge < -0.3 is 9.40 Å². The molecule has 0 bridgehead atoms. The van der Waals surface area contributed by atoms with Crippen molar-refractivity contribution >= 4 is 10.9 Å². The maximum absolute atomic E-state index is 13.3. The Morgan fingerprint density at radius 1 is 1.06 bits per heavy atom. The van der Waals surface area contributed by atoms with Crippen LogP contribution in [0.4, 0.5) is 4.39 Å². The lowest BCUT2D eigenvalue weighted by molar-refractivity contribution is 0.217. The van der Waals surface area contributed by atoms with Crippen LogP contribution in [0.1, 0.15) is 33.8 Å². The Kier molecular flexibility index (Phi) is 6.24. The smallest absolute Gasteiger partial charge is 0.252 e. The van der Waals surface area contributed by atoms with Crippen molar-refractivity contribution in [2.45, 2.75) is 40.0 Å². The van der Waals surface area contributed by atoms with Crippen molar-refractivity contribution in [1.82, 2.24) is 30.1 Å². The highest BCUT2D eigenvalue weighted by Gasteiger charge is 2.17. The summed E-state index contributed by atoms with van der Waals surface area (Å²) < 4.78 is 20.5. The van der Waals surface area contributed by atoms with Crippen LogP contribution in [0.3, 0.4) is 0 Å². The van der Waals surface area contributed by atoms with Gasteiger partial charge in [-0.2, -0.15) is 0 Å². The first-order valence-electron chi connectivity index (χ1n) is 11.3. The number of rotatable bonds is 8. The molecule has 0 saturated carbocycles. The Labute approximate surface area is 201 Å². The fraction of sp³-hybridized carbons (Fsp3) is 0.231. The van der Waals surface area contributed by atoms with Gasteiger partial charge in [0.1, 0.15) is 11.6 Å². The minimum atomic E-state index is -0.290. The molecule has 0 radical (unpaired) electrons. The van der Waals surface area contributed by atoms with Crippen molar-refractivity contribution in [1.29, 1.82) is 0 Å². The highest BCUT2D eigenvalue weighted by molar-refractivity contribution is 5.82. The lowest BCUT2D eigenvalue weighted by atomic mass is 10.1. The van der Waals surface area contributed by atoms with Gasteiger partial charge in [-0.25, -0.2) is 9.07 Å². The standard InChI is InChI=1S/C26H25FN6O2/c1-17-10-18(2)25-20(11-17)12-21(26(34)28-25)14-32(15-23-4-3-9-35-23)16-24-29-30-31-33(24)13-19-5-7-22(27)8-6-19/h3-12H,13-16H2,1-2H3,(H,28,34). The molecule has 9 heteroatoms. The molecule has 0 unspecified atom stereocenters. The number of aryl methyl sites for hydroxylation is 2. The maximum Gasteiger partial charge on any atom is 0.252 e. The second kappa shape index (κ2) is 9.63. The van der Waals surface area contributed by atoms with E-state index < -0.39 is 0 Å². The number of pyridine rings is 1. The molecule has 0 spiro atoms. The average molecular weight is 473 g/mol. The number of furan rings is 1. The van der Waals surface area contributed by atoms with Gasteiger partial charge in [0.2, 0.25) is 0 Å². The van der Waals surface area contributed by atoms with E-state index in [4.69, 9.17) is 4.42 Å². The predicted molar refractivity (Wildman–Crippen MR) is 129 cm³/mol. The van der Waals surface area contributed by atoms with Crippen LogP contribution in [0.5, 0.6) is 0 Å². The van der Waals surface area contributed by atoms with Gasteiger partial charge in [0.15, 0.2) is 5.82 Å². The zero-order valence-electron chi connectivity index (χ0n) is 19.5. The van der Waals surface area contributed by atoms with Gasteiger partial charge in [-0.15, -0.1) is 5.10 Å². The third-order valence-electron chi connectivity index (χ3n) is 5.94. The summed E-state index contributed by atoms with van der Waals surface area (Å²) in [5, 5.41) is 13.2. The Morgan fingerprint density at radius 2 is 1.89 bits per heavy atom. The number of nitrogens with zero attached hydrogens (tertiary/aromatic N) is 5. The van der Waals surface area contributed by atoms with Crippen LogP contribution < -0.4 is 5.56 Å². The van der Waals surface area contributed by atoms with E-state index in [1.807, 2.05) is 32.0 Å². The molecule has 35 heavy (non-hydrogen) atoms. The van der Waals surface area contributed by atoms with Crippen molar-refractivity contribution in [3.8, 4) is 0 Å². The second-order valence-electron chi connectivity index (χ2n) is 8.77. The summed E-state index contributed by atoms with van der Waals surface area (Å²) in [6.45, 7) is 5.69. The molecule has 0 fully saturated rings. The van der Waals surface area contributed by atoms with Crippen LogP contribution in [-0.4, -0.2) is 30.1 Å². The summed E-state index contributed by atoms with van der Waals surface area (Å²) >= 11 is 0. The number of nitrogens with one attached hydrogen (secondary N) is 1. The van der Waals surface area contributed by atoms with E-state index in [2.05, 4.69) is 37.5 Å². The van der Waals surface area contributed by atoms with Gasteiger partial charge in [-0.3, -0.25) is 9.69 Å². The minimum Gasteiger partial charge on any atom is -0.468 e. The fourth-order valence-electron chi connectivity index (χ4n) is 4.30. The molecule has 0 aliphatic carbocycles. The predicted octanol–water partition coefficient (Wildman–Crippen LogP) is 4.11. The number of hydrogen-bond acceptors (Lipinski definition) is 6. The highest BCUT2D eigenvalue weighted by atomic mass is 19.1. The highest BCUT2D eigenvalue weighted by Crippen LogP contribution is 2.20. The molecule has 0 amide bonds. The van der Waals surface area contributed by atoms with Crippen molar-refractivity contribution in [3.63, 3.8) is 0 Å². The molecule has 2 aromatic carbocycles. The number of aromatic amines is 1. The summed E-state index contributed by atoms with van der Waals surface area (Å²) in [5.41, 5.74) is 4.43. The molecule has 3 heterocycles. The van der Waals surface area contributed by atoms with Crippen LogP contribution in [0.25, 0.3) is 10.9 Å². The third kappa shape index (κ3) is 5.20. The fourth-order valence-corrected chi connectivity index (χ4v) is 4.30. The van der Waals surface area contributed by atoms with Gasteiger partial charge in [-0.1, -0.05) is 23.8 Å². The molecule has 0 aliphatic heterocycles. The third-order valence-corrected chi connectivity index (χ3v) is 5.94. The van der Waals surface area contributed by atoms with Crippen LogP contribution in [0.2, 0.25) is 0 Å². The molecule has 0 atom stereocenters. The number of H-pyrrole nitrogens is 1. The van der Waals surface area contributed by atoms with Crippen molar-refractivity contribution in [3.05, 3.63) is 111 Å². The SMILES string of the molecule is Cc1cc(C)c2[nH]c(=O)c(CN(Cc3ccco3)Cc3nnnn3Cc3ccc(F)cc3)cc2c1. The maximum atomic E-state index is 13.3. The monoisotopic (exact) mass is 472 g/mol. The summed E-state index contributed by atoms with van der Waals surface area (Å²) in [6.07, 6.45) is 1.63. The average Bonchev–Trinajstić information content (AvgIpc) is 3.49. The van der Waals surface area contributed by atoms with Crippen LogP contribution in [-0.2, 0) is 26.2 Å². The Balaban J connectivity index is 1.43. The van der Waals surface area contributed by atoms with Crippen LogP contribution in [0, 0.1) is 19.7 Å². The lowest BCUT2D eigenvalue weighted by Gasteiger charge is -2.21. The summed E-state index contributed by atoms with van der Waals surface area (Å²) in [6, 6.07) is 16.1. The summed E-state index contributed by atoms with van der Waals surface area (Å²) in [5.74, 6) is 1.11. The van der Waals surface area contributed by atoms with E-state index in [-0.39, 0.29) is 11.4 Å². The molecule has 0 saturated heterocycles. The first-order valence-corrected chi connectivity index (χ1v) is 11.3. The Hall–Kier alpha value is -4.11. The molecular weight excluding hydrogens is 447 g/mol. The number of tetrazole rings is 1. The molecule has 178 valence electrons. The van der Waals surface area contributed by atoms with E-state index in [1.54, 1.807) is 23.1 Å². The zero-order chi connectivity index (χ0) is 24.4. The number of aromatic nitrogens is 5. The first kappa shape index (κ1) is 22.7. The minimum absolute atomic E-state index is 0.125. The number of benzene rings is 2. The summed E-state index contributed by atoms with van der Waals surface area (Å²) in [7, 11) is 0. The molecular formula is C26H25FN6O2. The molecule has 5 rings (SSSR count). The zero-order valence-corrected chi connectivity index (χ0v) is 19.5. The molecule has 5 aromatic rings. The van der Waals surface area contributed by atoms with E-state index in [0.717, 1.165) is 33.4 Å². The Morgan fingerprint density at radius 3 is 2.66 bits per heavy atom. The van der Waals surface area contributed by atoms with E-state index in [1.165, 1.54) is 12.1 Å². The van der Waals surface area contributed by atoms with Crippen molar-refractivity contribution < 1.29 is 8.81 Å². The van der Waals surface area contributed by atoms with E-state index in [9.17, 15) is 9.18 Å². The van der Waals surface area contributed by atoms with Crippen molar-refractivity contribution in [2.24, 2.45) is 0 Å².